The average Bonchev–Trinajstić information content (AvgIpc) is 3.39. The molecule has 2 heterocycles. The van der Waals surface area contributed by atoms with E-state index in [4.69, 9.17) is 37.4 Å². The van der Waals surface area contributed by atoms with Crippen molar-refractivity contribution in [1.29, 1.82) is 0 Å². The molecule has 3 aromatic carbocycles. The molecule has 6 nitrogen and oxygen atoms in total. The highest BCUT2D eigenvalue weighted by Gasteiger charge is 2.28. The van der Waals surface area contributed by atoms with Crippen LogP contribution in [-0.2, 0) is 9.53 Å². The molecule has 1 aliphatic heterocycles. The lowest BCUT2D eigenvalue weighted by Gasteiger charge is -2.08. The van der Waals surface area contributed by atoms with Crippen molar-refractivity contribution in [3.05, 3.63) is 98.5 Å². The number of aliphatic imine (C=N–C) groups is 1. The molecule has 1 aliphatic rings. The second-order valence-electron chi connectivity index (χ2n) is 7.38. The van der Waals surface area contributed by atoms with Crippen LogP contribution in [-0.4, -0.2) is 24.9 Å². The van der Waals surface area contributed by atoms with Gasteiger partial charge in [-0.15, -0.1) is 11.3 Å². The molecular weight excluding hydrogens is 509 g/mol. The van der Waals surface area contributed by atoms with Crippen molar-refractivity contribution in [2.45, 2.75) is 0 Å². The predicted molar refractivity (Wildman–Crippen MR) is 137 cm³/mol. The van der Waals surface area contributed by atoms with Gasteiger partial charge in [0.15, 0.2) is 5.70 Å². The first kappa shape index (κ1) is 23.1. The Morgan fingerprint density at radius 1 is 1.06 bits per heavy atom. The molecule has 0 atom stereocenters. The van der Waals surface area contributed by atoms with Crippen LogP contribution in [0.25, 0.3) is 16.2 Å². The van der Waals surface area contributed by atoms with Crippen molar-refractivity contribution in [3.63, 3.8) is 0 Å². The smallest absolute Gasteiger partial charge is 0.363 e. The fourth-order valence-electron chi connectivity index (χ4n) is 3.41. The SMILES string of the molecule is COc1ccc(C(=O)Oc2ccccc2/C=C2/N=C(c3sc4cc(Cl)ccc4c3Cl)OC2=O)cc1. The largest absolute Gasteiger partial charge is 0.497 e. The van der Waals surface area contributed by atoms with Gasteiger partial charge in [0.05, 0.1) is 17.7 Å². The Balaban J connectivity index is 1.44. The lowest BCUT2D eigenvalue weighted by Crippen LogP contribution is -2.09. The highest BCUT2D eigenvalue weighted by molar-refractivity contribution is 7.21. The maximum atomic E-state index is 12.6. The van der Waals surface area contributed by atoms with Crippen LogP contribution in [0.15, 0.2) is 77.4 Å². The number of esters is 2. The standard InChI is InChI=1S/C26H15Cl2NO5S/c1-32-17-9-6-14(7-10-17)25(30)33-20-5-3-2-4-15(20)12-19-26(31)34-24(29-19)23-22(28)18-11-8-16(27)13-21(18)35-23/h2-13H,1H3/b19-12+. The molecule has 35 heavy (non-hydrogen) atoms. The van der Waals surface area contributed by atoms with E-state index in [2.05, 4.69) is 4.99 Å². The van der Waals surface area contributed by atoms with E-state index in [-0.39, 0.29) is 17.3 Å². The summed E-state index contributed by atoms with van der Waals surface area (Å²) in [5.41, 5.74) is 0.897. The molecule has 5 rings (SSSR count). The molecule has 0 fully saturated rings. The molecule has 0 unspecified atom stereocenters. The molecule has 9 heteroatoms. The third kappa shape index (κ3) is 4.66. The number of rotatable bonds is 5. The quantitative estimate of drug-likeness (QED) is 0.164. The number of nitrogens with zero attached hydrogens (tertiary/aromatic N) is 1. The predicted octanol–water partition coefficient (Wildman–Crippen LogP) is 6.78. The van der Waals surface area contributed by atoms with Gasteiger partial charge in [-0.25, -0.2) is 14.6 Å². The van der Waals surface area contributed by atoms with Gasteiger partial charge in [-0.3, -0.25) is 0 Å². The molecule has 0 amide bonds. The van der Waals surface area contributed by atoms with Gasteiger partial charge >= 0.3 is 11.9 Å². The minimum absolute atomic E-state index is 0.0551. The second-order valence-corrected chi connectivity index (χ2v) is 9.24. The van der Waals surface area contributed by atoms with E-state index in [1.807, 2.05) is 6.07 Å². The Morgan fingerprint density at radius 3 is 2.60 bits per heavy atom. The van der Waals surface area contributed by atoms with Crippen molar-refractivity contribution in [2.75, 3.05) is 7.11 Å². The van der Waals surface area contributed by atoms with E-state index in [1.54, 1.807) is 67.8 Å². The number of fused-ring (bicyclic) bond motifs is 1. The number of carbonyl (C=O) groups is 2. The third-order valence-electron chi connectivity index (χ3n) is 5.15. The Kier molecular flexibility index (Phi) is 6.30. The van der Waals surface area contributed by atoms with Gasteiger partial charge in [-0.2, -0.15) is 0 Å². The van der Waals surface area contributed by atoms with Gasteiger partial charge in [0.2, 0.25) is 5.90 Å². The summed E-state index contributed by atoms with van der Waals surface area (Å²) >= 11 is 13.9. The van der Waals surface area contributed by atoms with Crippen LogP contribution in [0.2, 0.25) is 10.0 Å². The first-order chi connectivity index (χ1) is 16.9. The van der Waals surface area contributed by atoms with Crippen molar-refractivity contribution in [3.8, 4) is 11.5 Å². The summed E-state index contributed by atoms with van der Waals surface area (Å²) in [6.45, 7) is 0. The van der Waals surface area contributed by atoms with Crippen LogP contribution in [0.1, 0.15) is 20.8 Å². The van der Waals surface area contributed by atoms with Crippen LogP contribution < -0.4 is 9.47 Å². The fraction of sp³-hybridized carbons (Fsp3) is 0.0385. The van der Waals surface area contributed by atoms with E-state index in [0.717, 1.165) is 10.1 Å². The van der Waals surface area contributed by atoms with Gasteiger partial charge in [-0.1, -0.05) is 47.5 Å². The maximum absolute atomic E-state index is 12.6. The normalized spacial score (nSPS) is 14.2. The summed E-state index contributed by atoms with van der Waals surface area (Å²) in [4.78, 5) is 30.1. The Labute approximate surface area is 214 Å². The summed E-state index contributed by atoms with van der Waals surface area (Å²) in [6, 6.07) is 18.7. The highest BCUT2D eigenvalue weighted by atomic mass is 35.5. The summed E-state index contributed by atoms with van der Waals surface area (Å²) in [7, 11) is 1.54. The topological polar surface area (TPSA) is 74.2 Å². The van der Waals surface area contributed by atoms with Crippen molar-refractivity contribution in [2.24, 2.45) is 4.99 Å². The van der Waals surface area contributed by atoms with Gasteiger partial charge in [-0.05, 0) is 48.5 Å². The first-order valence-electron chi connectivity index (χ1n) is 10.3. The lowest BCUT2D eigenvalue weighted by atomic mass is 10.1. The number of para-hydroxylation sites is 1. The summed E-state index contributed by atoms with van der Waals surface area (Å²) in [6.07, 6.45) is 1.50. The zero-order valence-corrected chi connectivity index (χ0v) is 20.4. The van der Waals surface area contributed by atoms with Gasteiger partial charge in [0.25, 0.3) is 0 Å². The molecule has 0 N–H and O–H groups in total. The molecule has 0 saturated carbocycles. The number of benzene rings is 3. The fourth-order valence-corrected chi connectivity index (χ4v) is 5.12. The summed E-state index contributed by atoms with van der Waals surface area (Å²) in [5, 5.41) is 1.81. The van der Waals surface area contributed by atoms with E-state index in [0.29, 0.717) is 31.8 Å². The molecule has 1 aromatic heterocycles. The number of methoxy groups -OCH3 is 1. The zero-order valence-electron chi connectivity index (χ0n) is 18.1. The van der Waals surface area contributed by atoms with Gasteiger partial charge in [0.1, 0.15) is 16.4 Å². The highest BCUT2D eigenvalue weighted by Crippen LogP contribution is 2.38. The Hall–Kier alpha value is -3.65. The number of carbonyl (C=O) groups excluding carboxylic acids is 2. The van der Waals surface area contributed by atoms with Crippen LogP contribution in [0, 0.1) is 0 Å². The molecule has 174 valence electrons. The summed E-state index contributed by atoms with van der Waals surface area (Å²) < 4.78 is 16.9. The van der Waals surface area contributed by atoms with Crippen LogP contribution in [0.5, 0.6) is 11.5 Å². The van der Waals surface area contributed by atoms with Crippen molar-refractivity contribution in [1.82, 2.24) is 0 Å². The number of cyclic esters (lactones) is 1. The van der Waals surface area contributed by atoms with Crippen LogP contribution >= 0.6 is 34.5 Å². The maximum Gasteiger partial charge on any atom is 0.363 e. The van der Waals surface area contributed by atoms with E-state index in [1.165, 1.54) is 17.4 Å². The van der Waals surface area contributed by atoms with Crippen molar-refractivity contribution >= 4 is 68.5 Å². The number of thiophene rings is 1. The Bertz CT molecular complexity index is 1540. The second kappa shape index (κ2) is 9.54. The van der Waals surface area contributed by atoms with Crippen LogP contribution in [0.3, 0.4) is 0 Å². The minimum atomic E-state index is -0.636. The molecule has 0 saturated heterocycles. The molecule has 0 radical (unpaired) electrons. The van der Waals surface area contributed by atoms with E-state index < -0.39 is 11.9 Å². The summed E-state index contributed by atoms with van der Waals surface area (Å²) in [5.74, 6) is -0.180. The van der Waals surface area contributed by atoms with Crippen LogP contribution in [0.4, 0.5) is 0 Å². The minimum Gasteiger partial charge on any atom is -0.497 e. The first-order valence-corrected chi connectivity index (χ1v) is 11.9. The van der Waals surface area contributed by atoms with E-state index >= 15 is 0 Å². The number of ether oxygens (including phenoxy) is 3. The zero-order chi connectivity index (χ0) is 24.5. The molecule has 4 aromatic rings. The molecule has 0 bridgehead atoms. The average molecular weight is 524 g/mol. The number of halogens is 2. The number of hydrogen-bond donors (Lipinski definition) is 0. The molecule has 0 spiro atoms. The number of hydrogen-bond acceptors (Lipinski definition) is 7. The van der Waals surface area contributed by atoms with Gasteiger partial charge in [0, 0.05) is 20.7 Å². The Morgan fingerprint density at radius 2 is 1.83 bits per heavy atom. The third-order valence-corrected chi connectivity index (χ3v) is 7.03. The van der Waals surface area contributed by atoms with Crippen molar-refractivity contribution < 1.29 is 23.8 Å². The van der Waals surface area contributed by atoms with Gasteiger partial charge < -0.3 is 14.2 Å². The molecular formula is C26H15Cl2NO5S. The lowest BCUT2D eigenvalue weighted by molar-refractivity contribution is -0.129. The van der Waals surface area contributed by atoms with E-state index in [9.17, 15) is 9.59 Å². The monoisotopic (exact) mass is 523 g/mol. The molecule has 0 aliphatic carbocycles.